The van der Waals surface area contributed by atoms with Crippen LogP contribution in [0.2, 0.25) is 0 Å². The third-order valence-electron chi connectivity index (χ3n) is 5.68. The van der Waals surface area contributed by atoms with Gasteiger partial charge in [-0.2, -0.15) is 0 Å². The van der Waals surface area contributed by atoms with Gasteiger partial charge in [0.1, 0.15) is 18.5 Å². The van der Waals surface area contributed by atoms with Crippen molar-refractivity contribution in [2.45, 2.75) is 32.4 Å². The summed E-state index contributed by atoms with van der Waals surface area (Å²) in [6.07, 6.45) is 1.60. The predicted molar refractivity (Wildman–Crippen MR) is 113 cm³/mol. The van der Waals surface area contributed by atoms with E-state index in [2.05, 4.69) is 27.8 Å². The van der Waals surface area contributed by atoms with Crippen molar-refractivity contribution < 1.29 is 9.53 Å². The van der Waals surface area contributed by atoms with E-state index in [1.807, 2.05) is 30.1 Å². The Balaban J connectivity index is 1.41. The van der Waals surface area contributed by atoms with Gasteiger partial charge in [-0.3, -0.25) is 4.79 Å². The number of ether oxygens (including phenoxy) is 1. The van der Waals surface area contributed by atoms with Crippen molar-refractivity contribution in [3.8, 4) is 0 Å². The van der Waals surface area contributed by atoms with Crippen LogP contribution < -0.4 is 5.32 Å². The Labute approximate surface area is 171 Å². The third kappa shape index (κ3) is 4.22. The van der Waals surface area contributed by atoms with E-state index in [1.165, 1.54) is 0 Å². The van der Waals surface area contributed by atoms with E-state index in [0.29, 0.717) is 26.2 Å². The maximum absolute atomic E-state index is 12.6. The first-order chi connectivity index (χ1) is 14.2. The topological polar surface area (TPSA) is 75.0 Å². The van der Waals surface area contributed by atoms with Gasteiger partial charge in [0, 0.05) is 46.4 Å². The highest BCUT2D eigenvalue weighted by Gasteiger charge is 2.30. The summed E-state index contributed by atoms with van der Waals surface area (Å²) in [5.41, 5.74) is 2.11. The number of rotatable bonds is 4. The van der Waals surface area contributed by atoms with Gasteiger partial charge < -0.3 is 24.4 Å². The second-order valence-corrected chi connectivity index (χ2v) is 7.56. The molecule has 2 aliphatic rings. The van der Waals surface area contributed by atoms with Crippen LogP contribution in [0.15, 0.2) is 29.3 Å². The van der Waals surface area contributed by atoms with Gasteiger partial charge in [-0.25, -0.2) is 9.98 Å². The maximum atomic E-state index is 12.6. The first-order valence-electron chi connectivity index (χ1n) is 10.5. The zero-order chi connectivity index (χ0) is 20.2. The number of carbonyl (C=O) groups excluding carboxylic acids is 1. The molecule has 0 bridgehead atoms. The molecule has 3 heterocycles. The number of aromatic nitrogens is 2. The zero-order valence-corrected chi connectivity index (χ0v) is 17.3. The average Bonchev–Trinajstić information content (AvgIpc) is 3.40. The number of aliphatic imine (C=N–C) groups is 1. The van der Waals surface area contributed by atoms with Crippen molar-refractivity contribution in [2.24, 2.45) is 12.0 Å². The number of guanidine groups is 1. The molecule has 0 radical (unpaired) electrons. The molecule has 1 atom stereocenters. The van der Waals surface area contributed by atoms with E-state index in [1.54, 1.807) is 0 Å². The fraction of sp³-hybridized carbons (Fsp3) is 0.571. The molecule has 2 aliphatic heterocycles. The molecular weight excluding hydrogens is 368 g/mol. The number of para-hydroxylation sites is 2. The molecule has 0 saturated carbocycles. The predicted octanol–water partition coefficient (Wildman–Crippen LogP) is 1.36. The van der Waals surface area contributed by atoms with Crippen LogP contribution >= 0.6 is 0 Å². The van der Waals surface area contributed by atoms with E-state index in [4.69, 9.17) is 14.7 Å². The Morgan fingerprint density at radius 2 is 2.00 bits per heavy atom. The number of nitrogens with one attached hydrogen (secondary N) is 1. The van der Waals surface area contributed by atoms with E-state index in [-0.39, 0.29) is 12.0 Å². The van der Waals surface area contributed by atoms with Gasteiger partial charge in [0.2, 0.25) is 0 Å². The largest absolute Gasteiger partial charge is 0.368 e. The van der Waals surface area contributed by atoms with Crippen LogP contribution in [0.4, 0.5) is 0 Å². The number of nitrogens with zero attached hydrogens (tertiary/aromatic N) is 5. The van der Waals surface area contributed by atoms with Gasteiger partial charge >= 0.3 is 0 Å². The van der Waals surface area contributed by atoms with E-state index in [9.17, 15) is 4.79 Å². The zero-order valence-electron chi connectivity index (χ0n) is 17.3. The van der Waals surface area contributed by atoms with Crippen molar-refractivity contribution in [1.82, 2.24) is 24.7 Å². The first kappa shape index (κ1) is 19.7. The summed E-state index contributed by atoms with van der Waals surface area (Å²) < 4.78 is 7.65. The fourth-order valence-electron chi connectivity index (χ4n) is 4.02. The highest BCUT2D eigenvalue weighted by atomic mass is 16.5. The van der Waals surface area contributed by atoms with E-state index in [0.717, 1.165) is 55.3 Å². The molecule has 8 heteroatoms. The Bertz CT molecular complexity index is 878. The van der Waals surface area contributed by atoms with Gasteiger partial charge in [0.25, 0.3) is 5.91 Å². The lowest BCUT2D eigenvalue weighted by atomic mass is 10.2. The minimum Gasteiger partial charge on any atom is -0.368 e. The second-order valence-electron chi connectivity index (χ2n) is 7.56. The summed E-state index contributed by atoms with van der Waals surface area (Å²) in [7, 11) is 2.03. The van der Waals surface area contributed by atoms with Crippen molar-refractivity contribution in [3.63, 3.8) is 0 Å². The molecule has 1 N–H and O–H groups in total. The van der Waals surface area contributed by atoms with Crippen LogP contribution in [0.25, 0.3) is 11.0 Å². The van der Waals surface area contributed by atoms with Crippen LogP contribution in [0, 0.1) is 0 Å². The van der Waals surface area contributed by atoms with Gasteiger partial charge in [0.05, 0.1) is 11.0 Å². The normalized spacial score (nSPS) is 20.5. The number of hydrogen-bond donors (Lipinski definition) is 1. The number of aryl methyl sites for hydroxylation is 1. The van der Waals surface area contributed by atoms with Gasteiger partial charge in [0.15, 0.2) is 5.96 Å². The molecule has 156 valence electrons. The maximum Gasteiger partial charge on any atom is 0.251 e. The minimum atomic E-state index is -0.235. The number of carbonyl (C=O) groups is 1. The smallest absolute Gasteiger partial charge is 0.251 e. The Kier molecular flexibility index (Phi) is 5.99. The highest BCUT2D eigenvalue weighted by molar-refractivity contribution is 5.83. The van der Waals surface area contributed by atoms with Crippen LogP contribution in [0.1, 0.15) is 25.6 Å². The molecule has 1 amide bonds. The standard InChI is InChI=1S/C21H30N6O2/c1-3-22-21(23-15-19-24-16-7-4-5-8-17(16)25(19)2)27-12-10-26(11-13-27)20(28)18-9-6-14-29-18/h4-5,7-8,18H,3,6,9-15H2,1-2H3,(H,22,23). The summed E-state index contributed by atoms with van der Waals surface area (Å²) in [6, 6.07) is 8.13. The molecule has 4 rings (SSSR count). The SMILES string of the molecule is CCNC(=NCc1nc2ccccc2n1C)N1CCN(C(=O)C2CCCO2)CC1. The summed E-state index contributed by atoms with van der Waals surface area (Å²) >= 11 is 0. The minimum absolute atomic E-state index is 0.142. The summed E-state index contributed by atoms with van der Waals surface area (Å²) in [6.45, 7) is 7.04. The molecule has 1 aromatic heterocycles. The number of imidazole rings is 1. The van der Waals surface area contributed by atoms with E-state index >= 15 is 0 Å². The number of amides is 1. The Hall–Kier alpha value is -2.61. The molecule has 2 aromatic rings. The number of benzene rings is 1. The summed E-state index contributed by atoms with van der Waals surface area (Å²) in [4.78, 5) is 26.3. The average molecular weight is 399 g/mol. The van der Waals surface area contributed by atoms with Crippen molar-refractivity contribution >= 4 is 22.9 Å². The van der Waals surface area contributed by atoms with Crippen LogP contribution in [-0.2, 0) is 23.1 Å². The monoisotopic (exact) mass is 398 g/mol. The molecule has 2 fully saturated rings. The number of fused-ring (bicyclic) bond motifs is 1. The Morgan fingerprint density at radius 1 is 1.24 bits per heavy atom. The Morgan fingerprint density at radius 3 is 2.69 bits per heavy atom. The van der Waals surface area contributed by atoms with Crippen LogP contribution in [0.5, 0.6) is 0 Å². The van der Waals surface area contributed by atoms with Crippen LogP contribution in [-0.4, -0.2) is 76.7 Å². The van der Waals surface area contributed by atoms with E-state index < -0.39 is 0 Å². The number of hydrogen-bond acceptors (Lipinski definition) is 4. The third-order valence-corrected chi connectivity index (χ3v) is 5.68. The van der Waals surface area contributed by atoms with Gasteiger partial charge in [-0.05, 0) is 31.9 Å². The van der Waals surface area contributed by atoms with Crippen LogP contribution in [0.3, 0.4) is 0 Å². The molecule has 2 saturated heterocycles. The lowest BCUT2D eigenvalue weighted by Gasteiger charge is -2.37. The van der Waals surface area contributed by atoms with Gasteiger partial charge in [-0.1, -0.05) is 12.1 Å². The molecule has 0 spiro atoms. The molecule has 8 nitrogen and oxygen atoms in total. The summed E-state index contributed by atoms with van der Waals surface area (Å²) in [5, 5.41) is 3.39. The lowest BCUT2D eigenvalue weighted by molar-refractivity contribution is -0.142. The van der Waals surface area contributed by atoms with Crippen molar-refractivity contribution in [3.05, 3.63) is 30.1 Å². The van der Waals surface area contributed by atoms with Crippen molar-refractivity contribution in [2.75, 3.05) is 39.3 Å². The quantitative estimate of drug-likeness (QED) is 0.622. The van der Waals surface area contributed by atoms with Gasteiger partial charge in [-0.15, -0.1) is 0 Å². The summed E-state index contributed by atoms with van der Waals surface area (Å²) in [5.74, 6) is 1.96. The number of piperazine rings is 1. The second kappa shape index (κ2) is 8.82. The molecule has 1 aromatic carbocycles. The van der Waals surface area contributed by atoms with Crippen molar-refractivity contribution in [1.29, 1.82) is 0 Å². The molecule has 0 aliphatic carbocycles. The fourth-order valence-corrected chi connectivity index (χ4v) is 4.02. The highest BCUT2D eigenvalue weighted by Crippen LogP contribution is 2.17. The molecular formula is C21H30N6O2. The lowest BCUT2D eigenvalue weighted by Crippen LogP contribution is -2.55. The molecule has 29 heavy (non-hydrogen) atoms. The first-order valence-corrected chi connectivity index (χ1v) is 10.5. The molecule has 1 unspecified atom stereocenters.